The lowest BCUT2D eigenvalue weighted by molar-refractivity contribution is -0.384. The highest BCUT2D eigenvalue weighted by molar-refractivity contribution is 6.32. The van der Waals surface area contributed by atoms with Crippen LogP contribution in [0.15, 0.2) is 72.3 Å². The van der Waals surface area contributed by atoms with Gasteiger partial charge in [0.05, 0.1) is 22.6 Å². The van der Waals surface area contributed by atoms with Crippen molar-refractivity contribution in [3.8, 4) is 17.6 Å². The van der Waals surface area contributed by atoms with Crippen LogP contribution in [0.25, 0.3) is 6.08 Å². The summed E-state index contributed by atoms with van der Waals surface area (Å²) < 4.78 is 11.5. The van der Waals surface area contributed by atoms with Gasteiger partial charge in [-0.1, -0.05) is 41.9 Å². The van der Waals surface area contributed by atoms with Gasteiger partial charge in [0.2, 0.25) is 0 Å². The molecule has 184 valence electrons. The molecule has 9 heteroatoms. The van der Waals surface area contributed by atoms with Gasteiger partial charge in [-0.15, -0.1) is 0 Å². The quantitative estimate of drug-likeness (QED) is 0.156. The first-order valence-electron chi connectivity index (χ1n) is 11.1. The van der Waals surface area contributed by atoms with Crippen molar-refractivity contribution < 1.29 is 19.2 Å². The lowest BCUT2D eigenvalue weighted by Gasteiger charge is -2.15. The van der Waals surface area contributed by atoms with Crippen molar-refractivity contribution in [2.24, 2.45) is 0 Å². The van der Waals surface area contributed by atoms with E-state index in [1.54, 1.807) is 31.2 Å². The first-order chi connectivity index (χ1) is 17.3. The van der Waals surface area contributed by atoms with E-state index in [2.05, 4.69) is 5.32 Å². The maximum absolute atomic E-state index is 12.7. The number of ether oxygens (including phenoxy) is 2. The monoisotopic (exact) mass is 505 g/mol. The number of nitro benzene ring substituents is 1. The van der Waals surface area contributed by atoms with Gasteiger partial charge in [0.1, 0.15) is 18.2 Å². The van der Waals surface area contributed by atoms with E-state index in [9.17, 15) is 20.2 Å². The SMILES string of the molecule is CCOc1cc(/C=C(/C#N)C(=O)N[C@H](C)c2ccccc2)cc(Cl)c1OCc1ccc([N+](=O)[O-])cc1. The van der Waals surface area contributed by atoms with Crippen molar-refractivity contribution in [2.75, 3.05) is 6.61 Å². The number of hydrogen-bond acceptors (Lipinski definition) is 6. The van der Waals surface area contributed by atoms with Crippen LogP contribution in [-0.4, -0.2) is 17.4 Å². The summed E-state index contributed by atoms with van der Waals surface area (Å²) in [4.78, 5) is 23.1. The number of hydrogen-bond donors (Lipinski definition) is 1. The maximum Gasteiger partial charge on any atom is 0.269 e. The van der Waals surface area contributed by atoms with Crippen LogP contribution >= 0.6 is 11.6 Å². The molecular weight excluding hydrogens is 482 g/mol. The van der Waals surface area contributed by atoms with Crippen molar-refractivity contribution in [3.63, 3.8) is 0 Å². The minimum atomic E-state index is -0.513. The third kappa shape index (κ3) is 6.84. The second kappa shape index (κ2) is 12.4. The summed E-state index contributed by atoms with van der Waals surface area (Å²) >= 11 is 6.47. The number of rotatable bonds is 10. The topological polar surface area (TPSA) is 114 Å². The fourth-order valence-electron chi connectivity index (χ4n) is 3.36. The zero-order chi connectivity index (χ0) is 26.1. The Labute approximate surface area is 213 Å². The van der Waals surface area contributed by atoms with Crippen molar-refractivity contribution in [1.29, 1.82) is 5.26 Å². The molecule has 8 nitrogen and oxygen atoms in total. The van der Waals surface area contributed by atoms with Gasteiger partial charge in [-0.3, -0.25) is 14.9 Å². The average molecular weight is 506 g/mol. The molecule has 0 saturated heterocycles. The Balaban J connectivity index is 1.80. The molecule has 0 unspecified atom stereocenters. The minimum Gasteiger partial charge on any atom is -0.490 e. The number of carbonyl (C=O) groups excluding carboxylic acids is 1. The van der Waals surface area contributed by atoms with E-state index in [0.29, 0.717) is 23.5 Å². The van der Waals surface area contributed by atoms with Gasteiger partial charge in [0, 0.05) is 12.1 Å². The number of halogens is 1. The molecule has 1 atom stereocenters. The number of nitriles is 1. The van der Waals surface area contributed by atoms with Crippen LogP contribution in [0, 0.1) is 21.4 Å². The molecule has 0 aliphatic heterocycles. The van der Waals surface area contributed by atoms with Crippen LogP contribution in [0.3, 0.4) is 0 Å². The van der Waals surface area contributed by atoms with Crippen LogP contribution in [-0.2, 0) is 11.4 Å². The summed E-state index contributed by atoms with van der Waals surface area (Å²) in [7, 11) is 0. The van der Waals surface area contributed by atoms with Gasteiger partial charge >= 0.3 is 0 Å². The summed E-state index contributed by atoms with van der Waals surface area (Å²) in [5.74, 6) is 0.115. The average Bonchev–Trinajstić information content (AvgIpc) is 2.87. The lowest BCUT2D eigenvalue weighted by Crippen LogP contribution is -2.27. The lowest BCUT2D eigenvalue weighted by atomic mass is 10.1. The Kier molecular flexibility index (Phi) is 9.03. The van der Waals surface area contributed by atoms with Crippen LogP contribution < -0.4 is 14.8 Å². The second-order valence-corrected chi connectivity index (χ2v) is 8.16. The zero-order valence-corrected chi connectivity index (χ0v) is 20.5. The summed E-state index contributed by atoms with van der Waals surface area (Å²) in [6.07, 6.45) is 1.43. The summed E-state index contributed by atoms with van der Waals surface area (Å²) in [5.41, 5.74) is 2.01. The smallest absolute Gasteiger partial charge is 0.269 e. The number of amides is 1. The maximum atomic E-state index is 12.7. The molecule has 0 aliphatic carbocycles. The fourth-order valence-corrected chi connectivity index (χ4v) is 3.63. The van der Waals surface area contributed by atoms with Crippen molar-refractivity contribution >= 4 is 29.3 Å². The summed E-state index contributed by atoms with van der Waals surface area (Å²) in [6, 6.07) is 20.3. The van der Waals surface area contributed by atoms with Crippen molar-refractivity contribution in [3.05, 3.63) is 104 Å². The molecule has 1 amide bonds. The van der Waals surface area contributed by atoms with E-state index in [4.69, 9.17) is 21.1 Å². The molecule has 0 spiro atoms. The predicted octanol–water partition coefficient (Wildman–Crippen LogP) is 6.01. The normalized spacial score (nSPS) is 11.8. The number of non-ortho nitro benzene ring substituents is 1. The standard InChI is InChI=1S/C27H24ClN3O5/c1-3-35-25-15-20(13-22(16-29)27(32)30-18(2)21-7-5-4-6-8-21)14-24(28)26(25)36-17-19-9-11-23(12-10-19)31(33)34/h4-15,18H,3,17H2,1-2H3,(H,30,32)/b22-13-/t18-/m1/s1. The second-order valence-electron chi connectivity index (χ2n) is 7.75. The van der Waals surface area contributed by atoms with Crippen LogP contribution in [0.1, 0.15) is 36.6 Å². The van der Waals surface area contributed by atoms with Gasteiger partial charge in [0.25, 0.3) is 11.6 Å². The molecule has 0 radical (unpaired) electrons. The molecule has 3 aromatic carbocycles. The number of nitrogens with one attached hydrogen (secondary N) is 1. The number of benzene rings is 3. The van der Waals surface area contributed by atoms with Gasteiger partial charge in [-0.25, -0.2) is 0 Å². The fraction of sp³-hybridized carbons (Fsp3) is 0.185. The van der Waals surface area contributed by atoms with E-state index in [1.165, 1.54) is 18.2 Å². The number of carbonyl (C=O) groups is 1. The van der Waals surface area contributed by atoms with Crippen LogP contribution in [0.2, 0.25) is 5.02 Å². The first-order valence-corrected chi connectivity index (χ1v) is 11.5. The molecule has 36 heavy (non-hydrogen) atoms. The first kappa shape index (κ1) is 26.3. The van der Waals surface area contributed by atoms with E-state index in [-0.39, 0.29) is 34.7 Å². The molecule has 3 rings (SSSR count). The summed E-state index contributed by atoms with van der Waals surface area (Å²) in [6.45, 7) is 4.08. The zero-order valence-electron chi connectivity index (χ0n) is 19.7. The third-order valence-electron chi connectivity index (χ3n) is 5.19. The molecule has 0 fully saturated rings. The highest BCUT2D eigenvalue weighted by atomic mass is 35.5. The molecule has 0 aliphatic rings. The van der Waals surface area contributed by atoms with E-state index in [0.717, 1.165) is 5.56 Å². The molecular formula is C27H24ClN3O5. The Bertz CT molecular complexity index is 1300. The third-order valence-corrected chi connectivity index (χ3v) is 5.47. The molecule has 0 heterocycles. The van der Waals surface area contributed by atoms with E-state index < -0.39 is 10.8 Å². The highest BCUT2D eigenvalue weighted by Gasteiger charge is 2.17. The largest absolute Gasteiger partial charge is 0.490 e. The minimum absolute atomic E-state index is 0.0153. The molecule has 3 aromatic rings. The Morgan fingerprint density at radius 2 is 1.86 bits per heavy atom. The molecule has 0 aromatic heterocycles. The van der Waals surface area contributed by atoms with Crippen molar-refractivity contribution in [1.82, 2.24) is 5.32 Å². The van der Waals surface area contributed by atoms with Gasteiger partial charge < -0.3 is 14.8 Å². The van der Waals surface area contributed by atoms with Gasteiger partial charge in [-0.05, 0) is 60.9 Å². The predicted molar refractivity (Wildman–Crippen MR) is 137 cm³/mol. The Hall–Kier alpha value is -4.35. The Morgan fingerprint density at radius 1 is 1.17 bits per heavy atom. The van der Waals surface area contributed by atoms with Gasteiger partial charge in [-0.2, -0.15) is 5.26 Å². The molecule has 0 saturated carbocycles. The Morgan fingerprint density at radius 3 is 2.47 bits per heavy atom. The van der Waals surface area contributed by atoms with Crippen molar-refractivity contribution in [2.45, 2.75) is 26.5 Å². The van der Waals surface area contributed by atoms with E-state index >= 15 is 0 Å². The van der Waals surface area contributed by atoms with Gasteiger partial charge in [0.15, 0.2) is 11.5 Å². The molecule has 1 N–H and O–H groups in total. The van der Waals surface area contributed by atoms with Crippen LogP contribution in [0.5, 0.6) is 11.5 Å². The molecule has 0 bridgehead atoms. The number of nitro groups is 1. The number of nitrogens with zero attached hydrogens (tertiary/aromatic N) is 2. The van der Waals surface area contributed by atoms with E-state index in [1.807, 2.05) is 43.3 Å². The summed E-state index contributed by atoms with van der Waals surface area (Å²) in [5, 5.41) is 23.5. The van der Waals surface area contributed by atoms with Crippen LogP contribution in [0.4, 0.5) is 5.69 Å². The highest BCUT2D eigenvalue weighted by Crippen LogP contribution is 2.38.